The standard InChI is InChI=1S/C17H21BFNO4/c1-10-14(18-23-16(2,3)17(4,5)24-18)15(20-22-10)12-8-7-11(21-6)9-13(12)19/h7-9H,1-6H3. The van der Waals surface area contributed by atoms with Gasteiger partial charge in [0.15, 0.2) is 0 Å². The Morgan fingerprint density at radius 1 is 1.12 bits per heavy atom. The molecule has 1 aromatic carbocycles. The van der Waals surface area contributed by atoms with Gasteiger partial charge in [0.25, 0.3) is 0 Å². The fraction of sp³-hybridized carbons (Fsp3) is 0.471. The average molecular weight is 333 g/mol. The first-order chi connectivity index (χ1) is 11.2. The van der Waals surface area contributed by atoms with Crippen molar-refractivity contribution in [3.8, 4) is 17.0 Å². The second-order valence-corrected chi connectivity index (χ2v) is 6.94. The second-order valence-electron chi connectivity index (χ2n) is 6.94. The van der Waals surface area contributed by atoms with E-state index in [-0.39, 0.29) is 0 Å². The number of benzene rings is 1. The third-order valence-corrected chi connectivity index (χ3v) is 4.83. The Morgan fingerprint density at radius 3 is 2.29 bits per heavy atom. The van der Waals surface area contributed by atoms with Gasteiger partial charge in [-0.05, 0) is 46.8 Å². The summed E-state index contributed by atoms with van der Waals surface area (Å²) >= 11 is 0. The topological polar surface area (TPSA) is 53.7 Å². The van der Waals surface area contributed by atoms with E-state index in [4.69, 9.17) is 18.6 Å². The summed E-state index contributed by atoms with van der Waals surface area (Å²) in [6.07, 6.45) is 0. The van der Waals surface area contributed by atoms with Crippen molar-refractivity contribution in [3.05, 3.63) is 29.8 Å². The summed E-state index contributed by atoms with van der Waals surface area (Å²) in [5, 5.41) is 4.03. The highest BCUT2D eigenvalue weighted by molar-refractivity contribution is 6.64. The van der Waals surface area contributed by atoms with Crippen LogP contribution in [0.2, 0.25) is 0 Å². The zero-order valence-electron chi connectivity index (χ0n) is 14.8. The third-order valence-electron chi connectivity index (χ3n) is 4.83. The quantitative estimate of drug-likeness (QED) is 0.808. The minimum atomic E-state index is -0.669. The molecule has 0 radical (unpaired) electrons. The number of rotatable bonds is 3. The molecular formula is C17H21BFNO4. The van der Waals surface area contributed by atoms with Crippen LogP contribution in [-0.4, -0.2) is 30.6 Å². The lowest BCUT2D eigenvalue weighted by Gasteiger charge is -2.32. The Morgan fingerprint density at radius 2 is 1.75 bits per heavy atom. The minimum Gasteiger partial charge on any atom is -0.497 e. The number of methoxy groups -OCH3 is 1. The lowest BCUT2D eigenvalue weighted by molar-refractivity contribution is 0.00578. The molecule has 128 valence electrons. The molecule has 24 heavy (non-hydrogen) atoms. The highest BCUT2D eigenvalue weighted by Crippen LogP contribution is 2.38. The van der Waals surface area contributed by atoms with Crippen LogP contribution >= 0.6 is 0 Å². The number of hydrogen-bond acceptors (Lipinski definition) is 5. The Balaban J connectivity index is 2.05. The van der Waals surface area contributed by atoms with Crippen molar-refractivity contribution in [3.63, 3.8) is 0 Å². The SMILES string of the molecule is COc1ccc(-c2noc(C)c2B2OC(C)(C)C(C)(C)O2)c(F)c1. The van der Waals surface area contributed by atoms with E-state index in [1.54, 1.807) is 19.1 Å². The van der Waals surface area contributed by atoms with Crippen LogP contribution in [0.15, 0.2) is 22.7 Å². The van der Waals surface area contributed by atoms with Gasteiger partial charge in [0.1, 0.15) is 23.0 Å². The number of aromatic nitrogens is 1. The summed E-state index contributed by atoms with van der Waals surface area (Å²) in [4.78, 5) is 0. The van der Waals surface area contributed by atoms with Gasteiger partial charge in [-0.25, -0.2) is 4.39 Å². The van der Waals surface area contributed by atoms with Crippen LogP contribution in [-0.2, 0) is 9.31 Å². The summed E-state index contributed by atoms with van der Waals surface area (Å²) in [5.41, 5.74) is 0.301. The predicted molar refractivity (Wildman–Crippen MR) is 88.9 cm³/mol. The largest absolute Gasteiger partial charge is 0.500 e. The van der Waals surface area contributed by atoms with E-state index in [9.17, 15) is 4.39 Å². The van der Waals surface area contributed by atoms with Crippen molar-refractivity contribution in [2.75, 3.05) is 7.11 Å². The monoisotopic (exact) mass is 333 g/mol. The molecule has 0 aliphatic carbocycles. The molecule has 1 aliphatic heterocycles. The van der Waals surface area contributed by atoms with Crippen LogP contribution in [0, 0.1) is 12.7 Å². The molecule has 0 spiro atoms. The van der Waals surface area contributed by atoms with Crippen LogP contribution in [0.5, 0.6) is 5.75 Å². The number of ether oxygens (including phenoxy) is 1. The summed E-state index contributed by atoms with van der Waals surface area (Å²) in [6.45, 7) is 9.61. The summed E-state index contributed by atoms with van der Waals surface area (Å²) < 4.78 is 36.9. The van der Waals surface area contributed by atoms with E-state index in [0.29, 0.717) is 28.2 Å². The van der Waals surface area contributed by atoms with Gasteiger partial charge >= 0.3 is 7.12 Å². The van der Waals surface area contributed by atoms with Crippen LogP contribution in [0.4, 0.5) is 4.39 Å². The van der Waals surface area contributed by atoms with E-state index < -0.39 is 24.1 Å². The predicted octanol–water partition coefficient (Wildman–Crippen LogP) is 3.10. The van der Waals surface area contributed by atoms with Gasteiger partial charge < -0.3 is 18.6 Å². The van der Waals surface area contributed by atoms with Crippen LogP contribution in [0.3, 0.4) is 0 Å². The fourth-order valence-corrected chi connectivity index (χ4v) is 2.63. The lowest BCUT2D eigenvalue weighted by atomic mass is 9.76. The first-order valence-electron chi connectivity index (χ1n) is 7.82. The highest BCUT2D eigenvalue weighted by Gasteiger charge is 2.53. The number of aryl methyl sites for hydroxylation is 1. The zero-order chi connectivity index (χ0) is 17.7. The number of halogens is 1. The molecule has 0 atom stereocenters. The molecule has 2 aromatic rings. The maximum Gasteiger partial charge on any atom is 0.500 e. The minimum absolute atomic E-state index is 0.317. The molecule has 5 nitrogen and oxygen atoms in total. The van der Waals surface area contributed by atoms with Crippen molar-refractivity contribution in [2.45, 2.75) is 45.8 Å². The smallest absolute Gasteiger partial charge is 0.497 e. The fourth-order valence-electron chi connectivity index (χ4n) is 2.63. The molecule has 0 bridgehead atoms. The average Bonchev–Trinajstić information content (AvgIpc) is 2.96. The van der Waals surface area contributed by atoms with Gasteiger partial charge in [-0.2, -0.15) is 0 Å². The Kier molecular flexibility index (Phi) is 3.96. The first-order valence-corrected chi connectivity index (χ1v) is 7.82. The summed E-state index contributed by atoms with van der Waals surface area (Å²) in [6, 6.07) is 4.60. The normalized spacial score (nSPS) is 18.9. The maximum atomic E-state index is 14.5. The second kappa shape index (κ2) is 5.60. The van der Waals surface area contributed by atoms with Crippen molar-refractivity contribution in [1.82, 2.24) is 5.16 Å². The molecule has 1 aliphatic rings. The summed E-state index contributed by atoms with van der Waals surface area (Å²) in [7, 11) is 0.822. The Bertz CT molecular complexity index is 756. The molecule has 1 aromatic heterocycles. The molecule has 7 heteroatoms. The molecule has 0 saturated carbocycles. The van der Waals surface area contributed by atoms with Gasteiger partial charge in [-0.15, -0.1) is 0 Å². The molecule has 3 rings (SSSR count). The summed E-state index contributed by atoms with van der Waals surface area (Å²) in [5.74, 6) is 0.535. The Hall–Kier alpha value is -1.86. The number of nitrogens with zero attached hydrogens (tertiary/aromatic N) is 1. The molecule has 1 fully saturated rings. The van der Waals surface area contributed by atoms with Gasteiger partial charge in [0.2, 0.25) is 0 Å². The van der Waals surface area contributed by atoms with Crippen molar-refractivity contribution >= 4 is 12.6 Å². The van der Waals surface area contributed by atoms with E-state index in [1.807, 2.05) is 27.7 Å². The van der Waals surface area contributed by atoms with Crippen LogP contribution < -0.4 is 10.2 Å². The Labute approximate surface area is 141 Å². The van der Waals surface area contributed by atoms with Crippen LogP contribution in [0.1, 0.15) is 33.5 Å². The molecule has 0 amide bonds. The van der Waals surface area contributed by atoms with Crippen LogP contribution in [0.25, 0.3) is 11.3 Å². The maximum absolute atomic E-state index is 14.5. The number of hydrogen-bond donors (Lipinski definition) is 0. The van der Waals surface area contributed by atoms with E-state index in [0.717, 1.165) is 0 Å². The van der Waals surface area contributed by atoms with Gasteiger partial charge in [0.05, 0.1) is 23.8 Å². The van der Waals surface area contributed by atoms with Crippen molar-refractivity contribution in [1.29, 1.82) is 0 Å². The molecule has 0 N–H and O–H groups in total. The zero-order valence-corrected chi connectivity index (χ0v) is 14.8. The molecule has 2 heterocycles. The van der Waals surface area contributed by atoms with Gasteiger partial charge in [-0.1, -0.05) is 5.16 Å². The highest BCUT2D eigenvalue weighted by atomic mass is 19.1. The molecule has 1 saturated heterocycles. The third kappa shape index (κ3) is 2.61. The first kappa shape index (κ1) is 17.0. The van der Waals surface area contributed by atoms with E-state index >= 15 is 0 Å². The van der Waals surface area contributed by atoms with Gasteiger partial charge in [0, 0.05) is 11.6 Å². The lowest BCUT2D eigenvalue weighted by Crippen LogP contribution is -2.41. The van der Waals surface area contributed by atoms with Crippen molar-refractivity contribution < 1.29 is 23.0 Å². The van der Waals surface area contributed by atoms with E-state index in [2.05, 4.69) is 5.16 Å². The van der Waals surface area contributed by atoms with E-state index in [1.165, 1.54) is 13.2 Å². The van der Waals surface area contributed by atoms with Gasteiger partial charge in [-0.3, -0.25) is 0 Å². The molecule has 0 unspecified atom stereocenters. The van der Waals surface area contributed by atoms with Crippen molar-refractivity contribution in [2.24, 2.45) is 0 Å². The molecular weight excluding hydrogens is 312 g/mol.